The normalized spacial score (nSPS) is 16.0. The number of rotatable bonds is 7. The zero-order valence-corrected chi connectivity index (χ0v) is 15.2. The van der Waals surface area contributed by atoms with Gasteiger partial charge in [-0.1, -0.05) is 31.2 Å². The lowest BCUT2D eigenvalue weighted by molar-refractivity contribution is -0.152. The van der Waals surface area contributed by atoms with Crippen LogP contribution < -0.4 is 15.5 Å². The maximum Gasteiger partial charge on any atom is 0.321 e. The van der Waals surface area contributed by atoms with Crippen LogP contribution in [0, 0.1) is 5.92 Å². The minimum Gasteiger partial charge on any atom is -0.455 e. The molecule has 0 radical (unpaired) electrons. The van der Waals surface area contributed by atoms with Crippen LogP contribution in [0.3, 0.4) is 0 Å². The quantitative estimate of drug-likeness (QED) is 0.551. The predicted molar refractivity (Wildman–Crippen MR) is 99.0 cm³/mol. The molecule has 1 heterocycles. The van der Waals surface area contributed by atoms with Gasteiger partial charge in [-0.25, -0.2) is 4.79 Å². The Kier molecular flexibility index (Phi) is 7.10. The van der Waals surface area contributed by atoms with Gasteiger partial charge in [-0.05, 0) is 18.1 Å². The van der Waals surface area contributed by atoms with E-state index in [0.717, 1.165) is 17.7 Å². The molecule has 0 bridgehead atoms. The minimum atomic E-state index is -0.748. The molecule has 0 saturated carbocycles. The van der Waals surface area contributed by atoms with Crippen LogP contribution in [0.4, 0.5) is 10.5 Å². The van der Waals surface area contributed by atoms with Crippen LogP contribution in [0.15, 0.2) is 36.9 Å². The molecule has 1 atom stereocenters. The first-order valence-corrected chi connectivity index (χ1v) is 8.69. The Morgan fingerprint density at radius 1 is 1.33 bits per heavy atom. The number of anilines is 1. The number of ether oxygens (including phenoxy) is 1. The Labute approximate surface area is 157 Å². The van der Waals surface area contributed by atoms with E-state index in [1.807, 2.05) is 36.5 Å². The van der Waals surface area contributed by atoms with Gasteiger partial charge in [-0.15, -0.1) is 6.58 Å². The third-order valence-electron chi connectivity index (χ3n) is 4.13. The molecule has 1 aromatic carbocycles. The molecule has 8 heteroatoms. The number of esters is 1. The van der Waals surface area contributed by atoms with Crippen LogP contribution in [-0.2, 0) is 25.5 Å². The number of hydrogen-bond donors (Lipinski definition) is 2. The Hall–Kier alpha value is -3.16. The van der Waals surface area contributed by atoms with Crippen LogP contribution in [0.1, 0.15) is 18.9 Å². The predicted octanol–water partition coefficient (Wildman–Crippen LogP) is 1.16. The molecule has 2 N–H and O–H groups in total. The molecule has 0 aromatic heterocycles. The van der Waals surface area contributed by atoms with Crippen molar-refractivity contribution in [1.82, 2.24) is 10.6 Å². The van der Waals surface area contributed by atoms with Gasteiger partial charge < -0.3 is 15.0 Å². The summed E-state index contributed by atoms with van der Waals surface area (Å²) in [4.78, 5) is 49.0. The highest BCUT2D eigenvalue weighted by Crippen LogP contribution is 2.28. The van der Waals surface area contributed by atoms with Gasteiger partial charge in [-0.2, -0.15) is 0 Å². The van der Waals surface area contributed by atoms with Crippen molar-refractivity contribution in [3.8, 4) is 0 Å². The molecule has 27 heavy (non-hydrogen) atoms. The first kappa shape index (κ1) is 20.2. The zero-order chi connectivity index (χ0) is 19.8. The Morgan fingerprint density at radius 3 is 2.78 bits per heavy atom. The highest BCUT2D eigenvalue weighted by molar-refractivity contribution is 6.00. The van der Waals surface area contributed by atoms with Crippen molar-refractivity contribution >= 4 is 29.5 Å². The molecule has 1 fully saturated rings. The van der Waals surface area contributed by atoms with Crippen molar-refractivity contribution in [2.45, 2.75) is 19.8 Å². The molecule has 144 valence electrons. The first-order chi connectivity index (χ1) is 13.0. The van der Waals surface area contributed by atoms with Crippen molar-refractivity contribution in [2.75, 3.05) is 24.6 Å². The summed E-state index contributed by atoms with van der Waals surface area (Å²) >= 11 is 0. The second kappa shape index (κ2) is 9.51. The van der Waals surface area contributed by atoms with Gasteiger partial charge in [0.25, 0.3) is 5.91 Å². The monoisotopic (exact) mass is 373 g/mol. The van der Waals surface area contributed by atoms with Gasteiger partial charge >= 0.3 is 12.0 Å². The lowest BCUT2D eigenvalue weighted by Crippen LogP contribution is -2.41. The number of imide groups is 1. The number of hydrogen-bond acceptors (Lipinski definition) is 5. The average molecular weight is 373 g/mol. The summed E-state index contributed by atoms with van der Waals surface area (Å²) in [7, 11) is 0. The molecule has 0 spiro atoms. The second-order valence-corrected chi connectivity index (χ2v) is 6.04. The molecular weight excluding hydrogens is 350 g/mol. The SMILES string of the molecule is C=CCNC(=O)NC(=O)COC(=O)[C@@H]1CC(=O)N(c2ccccc2CC)C1. The number of para-hydroxylation sites is 1. The van der Waals surface area contributed by atoms with Crippen molar-refractivity contribution < 1.29 is 23.9 Å². The van der Waals surface area contributed by atoms with Gasteiger partial charge in [0.05, 0.1) is 5.92 Å². The molecule has 0 aliphatic carbocycles. The van der Waals surface area contributed by atoms with Gasteiger partial charge in [-0.3, -0.25) is 19.7 Å². The van der Waals surface area contributed by atoms with Crippen LogP contribution in [0.25, 0.3) is 0 Å². The average Bonchev–Trinajstić information content (AvgIpc) is 3.06. The van der Waals surface area contributed by atoms with Gasteiger partial charge in [0.2, 0.25) is 5.91 Å². The van der Waals surface area contributed by atoms with E-state index in [1.54, 1.807) is 4.90 Å². The fourth-order valence-corrected chi connectivity index (χ4v) is 2.80. The summed E-state index contributed by atoms with van der Waals surface area (Å²) in [5.41, 5.74) is 1.81. The first-order valence-electron chi connectivity index (χ1n) is 8.69. The van der Waals surface area contributed by atoms with E-state index >= 15 is 0 Å². The van der Waals surface area contributed by atoms with Crippen molar-refractivity contribution in [2.24, 2.45) is 5.92 Å². The maximum atomic E-state index is 12.3. The smallest absolute Gasteiger partial charge is 0.321 e. The maximum absolute atomic E-state index is 12.3. The molecule has 1 saturated heterocycles. The zero-order valence-electron chi connectivity index (χ0n) is 15.2. The molecule has 1 aliphatic heterocycles. The number of nitrogens with zero attached hydrogens (tertiary/aromatic N) is 1. The third kappa shape index (κ3) is 5.40. The number of carbonyl (C=O) groups is 4. The third-order valence-corrected chi connectivity index (χ3v) is 4.13. The highest BCUT2D eigenvalue weighted by Gasteiger charge is 2.37. The van der Waals surface area contributed by atoms with E-state index in [-0.39, 0.29) is 25.4 Å². The molecule has 2 rings (SSSR count). The molecule has 1 aromatic rings. The lowest BCUT2D eigenvalue weighted by Gasteiger charge is -2.19. The number of amides is 4. The summed E-state index contributed by atoms with van der Waals surface area (Å²) in [5, 5.41) is 4.39. The Morgan fingerprint density at radius 2 is 2.07 bits per heavy atom. The summed E-state index contributed by atoms with van der Waals surface area (Å²) in [5.74, 6) is -2.19. The number of nitrogens with one attached hydrogen (secondary N) is 2. The molecule has 0 unspecified atom stereocenters. The second-order valence-electron chi connectivity index (χ2n) is 6.04. The van der Waals surface area contributed by atoms with E-state index in [0.29, 0.717) is 0 Å². The number of carbonyl (C=O) groups excluding carboxylic acids is 4. The van der Waals surface area contributed by atoms with Crippen LogP contribution >= 0.6 is 0 Å². The fraction of sp³-hybridized carbons (Fsp3) is 0.368. The van der Waals surface area contributed by atoms with E-state index in [4.69, 9.17) is 4.74 Å². The number of urea groups is 1. The van der Waals surface area contributed by atoms with Crippen LogP contribution in [0.5, 0.6) is 0 Å². The summed E-state index contributed by atoms with van der Waals surface area (Å²) < 4.78 is 4.95. The largest absolute Gasteiger partial charge is 0.455 e. The minimum absolute atomic E-state index is 0.0261. The molecular formula is C19H23N3O5. The van der Waals surface area contributed by atoms with E-state index < -0.39 is 30.4 Å². The number of benzene rings is 1. The van der Waals surface area contributed by atoms with Gasteiger partial charge in [0, 0.05) is 25.2 Å². The Balaban J connectivity index is 1.87. The molecule has 4 amide bonds. The van der Waals surface area contributed by atoms with Gasteiger partial charge in [0.1, 0.15) is 0 Å². The van der Waals surface area contributed by atoms with Gasteiger partial charge in [0.15, 0.2) is 6.61 Å². The molecule has 1 aliphatic rings. The number of aryl methyl sites for hydroxylation is 1. The van der Waals surface area contributed by atoms with Crippen LogP contribution in [0.2, 0.25) is 0 Å². The summed E-state index contributed by atoms with van der Waals surface area (Å²) in [6, 6.07) is 6.83. The van der Waals surface area contributed by atoms with E-state index in [2.05, 4.69) is 11.9 Å². The standard InChI is InChI=1S/C19H23N3O5/c1-3-9-20-19(26)21-16(23)12-27-18(25)14-10-17(24)22(11-14)15-8-6-5-7-13(15)4-2/h3,5-8,14H,1,4,9-12H2,2H3,(H2,20,21,23,26)/t14-/m1/s1. The lowest BCUT2D eigenvalue weighted by atomic mass is 10.1. The highest BCUT2D eigenvalue weighted by atomic mass is 16.5. The fourth-order valence-electron chi connectivity index (χ4n) is 2.80. The van der Waals surface area contributed by atoms with Crippen molar-refractivity contribution in [1.29, 1.82) is 0 Å². The van der Waals surface area contributed by atoms with Crippen molar-refractivity contribution in [3.63, 3.8) is 0 Å². The van der Waals surface area contributed by atoms with Crippen LogP contribution in [-0.4, -0.2) is 43.5 Å². The Bertz CT molecular complexity index is 747. The summed E-state index contributed by atoms with van der Waals surface area (Å²) in [6.07, 6.45) is 2.26. The molecule has 8 nitrogen and oxygen atoms in total. The van der Waals surface area contributed by atoms with E-state index in [1.165, 1.54) is 6.08 Å². The van der Waals surface area contributed by atoms with E-state index in [9.17, 15) is 19.2 Å². The topological polar surface area (TPSA) is 105 Å². The van der Waals surface area contributed by atoms with Crippen molar-refractivity contribution in [3.05, 3.63) is 42.5 Å². The summed E-state index contributed by atoms with van der Waals surface area (Å²) in [6.45, 7) is 5.25.